The van der Waals surface area contributed by atoms with E-state index in [-0.39, 0.29) is 0 Å². The maximum absolute atomic E-state index is 11.4. The Morgan fingerprint density at radius 1 is 1.21 bits per heavy atom. The second-order valence-electron chi connectivity index (χ2n) is 4.14. The van der Waals surface area contributed by atoms with Crippen molar-refractivity contribution in [2.24, 2.45) is 0 Å². The molecule has 0 fully saturated rings. The molecule has 2 nitrogen and oxygen atoms in total. The van der Waals surface area contributed by atoms with Crippen LogP contribution in [0.15, 0.2) is 24.3 Å². The third kappa shape index (κ3) is 4.59. The van der Waals surface area contributed by atoms with Gasteiger partial charge in [-0.1, -0.05) is 29.8 Å². The van der Waals surface area contributed by atoms with Gasteiger partial charge in [-0.3, -0.25) is 0 Å². The fraction of sp³-hybridized carbons (Fsp3) is 0.455. The molecule has 0 aliphatic carbocycles. The molecule has 14 heavy (non-hydrogen) atoms. The summed E-state index contributed by atoms with van der Waals surface area (Å²) in [6.07, 6.45) is 0.612. The van der Waals surface area contributed by atoms with Crippen LogP contribution >= 0.6 is 7.14 Å². The quantitative estimate of drug-likeness (QED) is 0.776. The van der Waals surface area contributed by atoms with E-state index >= 15 is 0 Å². The SMILES string of the molecule is Cc1ccc(CNCP(C)(C)=O)cc1. The van der Waals surface area contributed by atoms with E-state index in [0.717, 1.165) is 6.54 Å². The van der Waals surface area contributed by atoms with Crippen molar-refractivity contribution in [3.8, 4) is 0 Å². The molecule has 0 bridgehead atoms. The molecule has 0 aliphatic heterocycles. The molecule has 1 N–H and O–H groups in total. The summed E-state index contributed by atoms with van der Waals surface area (Å²) in [4.78, 5) is 0. The van der Waals surface area contributed by atoms with E-state index in [9.17, 15) is 4.57 Å². The van der Waals surface area contributed by atoms with E-state index in [1.165, 1.54) is 11.1 Å². The summed E-state index contributed by atoms with van der Waals surface area (Å²) in [5.74, 6) is 0. The first-order valence-corrected chi connectivity index (χ1v) is 7.56. The summed E-state index contributed by atoms with van der Waals surface area (Å²) in [6.45, 7) is 6.47. The Balaban J connectivity index is 2.39. The van der Waals surface area contributed by atoms with Gasteiger partial charge in [0.15, 0.2) is 0 Å². The fourth-order valence-corrected chi connectivity index (χ4v) is 1.83. The molecule has 1 aromatic carbocycles. The molecular formula is C11H18NOP. The van der Waals surface area contributed by atoms with Crippen LogP contribution in [-0.2, 0) is 11.1 Å². The lowest BCUT2D eigenvalue weighted by Gasteiger charge is -2.08. The first kappa shape index (κ1) is 11.5. The summed E-state index contributed by atoms with van der Waals surface area (Å²) in [5, 5.41) is 3.20. The minimum Gasteiger partial charge on any atom is -0.323 e. The third-order valence-corrected chi connectivity index (χ3v) is 2.93. The van der Waals surface area contributed by atoms with Crippen molar-refractivity contribution in [1.82, 2.24) is 5.32 Å². The second kappa shape index (κ2) is 4.77. The number of hydrogen-bond acceptors (Lipinski definition) is 2. The largest absolute Gasteiger partial charge is 0.323 e. The Labute approximate surface area is 86.1 Å². The lowest BCUT2D eigenvalue weighted by atomic mass is 10.1. The van der Waals surface area contributed by atoms with Crippen molar-refractivity contribution in [1.29, 1.82) is 0 Å². The zero-order valence-electron chi connectivity index (χ0n) is 9.08. The van der Waals surface area contributed by atoms with E-state index in [4.69, 9.17) is 0 Å². The molecule has 0 aromatic heterocycles. The number of nitrogens with one attached hydrogen (secondary N) is 1. The van der Waals surface area contributed by atoms with Crippen molar-refractivity contribution in [2.75, 3.05) is 19.6 Å². The smallest absolute Gasteiger partial charge is 0.0949 e. The van der Waals surface area contributed by atoms with Crippen LogP contribution in [0, 0.1) is 6.92 Å². The molecule has 1 rings (SSSR count). The highest BCUT2D eigenvalue weighted by Crippen LogP contribution is 2.33. The topological polar surface area (TPSA) is 29.1 Å². The molecule has 0 spiro atoms. The molecule has 0 saturated heterocycles. The highest BCUT2D eigenvalue weighted by atomic mass is 31.2. The minimum atomic E-state index is -1.92. The van der Waals surface area contributed by atoms with Crippen LogP contribution in [0.25, 0.3) is 0 Å². The van der Waals surface area contributed by atoms with Crippen LogP contribution < -0.4 is 5.32 Å². The summed E-state index contributed by atoms with van der Waals surface area (Å²) < 4.78 is 11.4. The van der Waals surface area contributed by atoms with E-state index in [0.29, 0.717) is 6.29 Å². The van der Waals surface area contributed by atoms with Crippen LogP contribution in [0.2, 0.25) is 0 Å². The van der Waals surface area contributed by atoms with Crippen molar-refractivity contribution in [2.45, 2.75) is 13.5 Å². The molecular weight excluding hydrogens is 193 g/mol. The Kier molecular flexibility index (Phi) is 3.91. The lowest BCUT2D eigenvalue weighted by molar-refractivity contribution is 0.576. The van der Waals surface area contributed by atoms with Crippen molar-refractivity contribution >= 4 is 7.14 Å². The summed E-state index contributed by atoms with van der Waals surface area (Å²) in [6, 6.07) is 8.38. The van der Waals surface area contributed by atoms with E-state index in [1.54, 1.807) is 13.3 Å². The van der Waals surface area contributed by atoms with E-state index < -0.39 is 7.14 Å². The predicted octanol–water partition coefficient (Wildman–Crippen LogP) is 2.66. The zero-order valence-corrected chi connectivity index (χ0v) is 9.97. The molecule has 0 heterocycles. The number of rotatable bonds is 4. The van der Waals surface area contributed by atoms with Gasteiger partial charge in [-0.2, -0.15) is 0 Å². The van der Waals surface area contributed by atoms with Gasteiger partial charge in [-0.05, 0) is 25.8 Å². The molecule has 0 aliphatic rings. The Morgan fingerprint density at radius 3 is 2.29 bits per heavy atom. The average molecular weight is 211 g/mol. The van der Waals surface area contributed by atoms with Gasteiger partial charge >= 0.3 is 0 Å². The minimum absolute atomic E-state index is 0.612. The summed E-state index contributed by atoms with van der Waals surface area (Å²) >= 11 is 0. The van der Waals surface area contributed by atoms with Gasteiger partial charge in [0.2, 0.25) is 0 Å². The highest BCUT2D eigenvalue weighted by molar-refractivity contribution is 7.62. The van der Waals surface area contributed by atoms with Gasteiger partial charge in [0.05, 0.1) is 7.14 Å². The lowest BCUT2D eigenvalue weighted by Crippen LogP contribution is -2.14. The van der Waals surface area contributed by atoms with Crippen LogP contribution in [0.3, 0.4) is 0 Å². The Bertz CT molecular complexity index is 326. The normalized spacial score (nSPS) is 11.6. The van der Waals surface area contributed by atoms with E-state index in [1.807, 2.05) is 0 Å². The van der Waals surface area contributed by atoms with Crippen LogP contribution in [0.1, 0.15) is 11.1 Å². The molecule has 0 amide bonds. The fourth-order valence-electron chi connectivity index (χ4n) is 1.18. The van der Waals surface area contributed by atoms with Crippen LogP contribution in [-0.4, -0.2) is 19.6 Å². The van der Waals surface area contributed by atoms with Crippen LogP contribution in [0.5, 0.6) is 0 Å². The Morgan fingerprint density at radius 2 is 1.79 bits per heavy atom. The molecule has 0 saturated carbocycles. The maximum atomic E-state index is 11.4. The molecule has 0 unspecified atom stereocenters. The number of hydrogen-bond donors (Lipinski definition) is 1. The maximum Gasteiger partial charge on any atom is 0.0949 e. The molecule has 0 radical (unpaired) electrons. The standard InChI is InChI=1S/C11H18NOP/c1-10-4-6-11(7-5-10)8-12-9-14(2,3)13/h4-7,12H,8-9H2,1-3H3. The van der Waals surface area contributed by atoms with Gasteiger partial charge in [-0.25, -0.2) is 0 Å². The average Bonchev–Trinajstić information content (AvgIpc) is 2.06. The Hall–Kier alpha value is -0.590. The molecule has 0 atom stereocenters. The monoisotopic (exact) mass is 211 g/mol. The summed E-state index contributed by atoms with van der Waals surface area (Å²) in [5.41, 5.74) is 2.51. The number of benzene rings is 1. The predicted molar refractivity (Wildman–Crippen MR) is 62.3 cm³/mol. The van der Waals surface area contributed by atoms with Crippen molar-refractivity contribution in [3.63, 3.8) is 0 Å². The third-order valence-electron chi connectivity index (χ3n) is 1.94. The first-order valence-electron chi connectivity index (χ1n) is 4.78. The van der Waals surface area contributed by atoms with Crippen LogP contribution in [0.4, 0.5) is 0 Å². The van der Waals surface area contributed by atoms with Gasteiger partial charge in [-0.15, -0.1) is 0 Å². The van der Waals surface area contributed by atoms with E-state index in [2.05, 4.69) is 36.5 Å². The molecule has 3 heteroatoms. The van der Waals surface area contributed by atoms with Crippen molar-refractivity contribution in [3.05, 3.63) is 35.4 Å². The molecule has 78 valence electrons. The number of aryl methyl sites for hydroxylation is 1. The van der Waals surface area contributed by atoms with Gasteiger partial charge < -0.3 is 9.88 Å². The highest BCUT2D eigenvalue weighted by Gasteiger charge is 2.04. The first-order chi connectivity index (χ1) is 6.47. The van der Waals surface area contributed by atoms with Gasteiger partial charge in [0, 0.05) is 12.8 Å². The second-order valence-corrected chi connectivity index (χ2v) is 7.61. The van der Waals surface area contributed by atoms with Crippen molar-refractivity contribution < 1.29 is 4.57 Å². The van der Waals surface area contributed by atoms with Gasteiger partial charge in [0.25, 0.3) is 0 Å². The zero-order chi connectivity index (χ0) is 10.6. The summed E-state index contributed by atoms with van der Waals surface area (Å²) in [7, 11) is -1.92. The van der Waals surface area contributed by atoms with Gasteiger partial charge in [0.1, 0.15) is 0 Å². The molecule has 1 aromatic rings.